The number of nitrogens with zero attached hydrogens (tertiary/aromatic N) is 3. The lowest BCUT2D eigenvalue weighted by molar-refractivity contribution is 0.0201. The molecule has 29 heavy (non-hydrogen) atoms. The number of aromatic nitrogens is 2. The average molecular weight is 418 g/mol. The molecule has 3 aliphatic rings. The third-order valence-corrected chi connectivity index (χ3v) is 6.57. The second kappa shape index (κ2) is 7.13. The van der Waals surface area contributed by atoms with Crippen LogP contribution in [0.3, 0.4) is 0 Å². The predicted octanol–water partition coefficient (Wildman–Crippen LogP) is 4.45. The quantitative estimate of drug-likeness (QED) is 0.677. The summed E-state index contributed by atoms with van der Waals surface area (Å²) in [6.07, 6.45) is 7.94. The first-order chi connectivity index (χ1) is 14.1. The zero-order valence-electron chi connectivity index (χ0n) is 15.9. The van der Waals surface area contributed by atoms with Crippen molar-refractivity contribution < 1.29 is 18.7 Å². The van der Waals surface area contributed by atoms with Crippen LogP contribution in [0.4, 0.5) is 4.39 Å². The molecule has 2 aliphatic heterocycles. The van der Waals surface area contributed by atoms with Crippen LogP contribution in [-0.4, -0.2) is 39.0 Å². The van der Waals surface area contributed by atoms with Gasteiger partial charge in [0.1, 0.15) is 18.2 Å². The van der Waals surface area contributed by atoms with Crippen molar-refractivity contribution in [3.8, 4) is 5.69 Å². The third kappa shape index (κ3) is 2.94. The minimum atomic E-state index is -0.644. The molecule has 1 atom stereocenters. The van der Waals surface area contributed by atoms with Crippen LogP contribution in [0.5, 0.6) is 0 Å². The maximum Gasteiger partial charge on any atom is 0.359 e. The van der Waals surface area contributed by atoms with Crippen molar-refractivity contribution in [3.05, 3.63) is 46.3 Å². The van der Waals surface area contributed by atoms with E-state index in [0.29, 0.717) is 24.3 Å². The summed E-state index contributed by atoms with van der Waals surface area (Å²) in [5, 5.41) is -0.203. The van der Waals surface area contributed by atoms with E-state index in [-0.39, 0.29) is 34.3 Å². The highest BCUT2D eigenvalue weighted by Gasteiger charge is 2.41. The maximum atomic E-state index is 14.1. The van der Waals surface area contributed by atoms with E-state index >= 15 is 0 Å². The highest BCUT2D eigenvalue weighted by Crippen LogP contribution is 2.42. The number of amides is 1. The number of rotatable bonds is 2. The Morgan fingerprint density at radius 3 is 2.76 bits per heavy atom. The van der Waals surface area contributed by atoms with E-state index in [1.54, 1.807) is 9.47 Å². The maximum absolute atomic E-state index is 14.1. The molecular formula is C21H21ClFN3O3. The average Bonchev–Trinajstić information content (AvgIpc) is 3.35. The van der Waals surface area contributed by atoms with Crippen molar-refractivity contribution >= 4 is 23.5 Å². The van der Waals surface area contributed by atoms with Gasteiger partial charge >= 0.3 is 5.97 Å². The van der Waals surface area contributed by atoms with Gasteiger partial charge in [0.2, 0.25) is 0 Å². The van der Waals surface area contributed by atoms with E-state index in [1.165, 1.54) is 24.9 Å². The molecule has 1 aromatic carbocycles. The number of carbonyl (C=O) groups is 2. The summed E-state index contributed by atoms with van der Waals surface area (Å²) in [6, 6.07) is 2.43. The number of fused-ring (bicyclic) bond motifs is 5. The molecule has 0 bridgehead atoms. The highest BCUT2D eigenvalue weighted by molar-refractivity contribution is 6.34. The lowest BCUT2D eigenvalue weighted by Crippen LogP contribution is -2.31. The van der Waals surface area contributed by atoms with Crippen molar-refractivity contribution in [1.29, 1.82) is 0 Å². The normalized spacial score (nSPS) is 21.4. The Kier molecular flexibility index (Phi) is 4.57. The summed E-state index contributed by atoms with van der Waals surface area (Å²) in [5.74, 6) is -1.42. The largest absolute Gasteiger partial charge is 0.458 e. The number of carbonyl (C=O) groups excluding carboxylic acids is 2. The van der Waals surface area contributed by atoms with Crippen LogP contribution in [0.1, 0.15) is 77.5 Å². The van der Waals surface area contributed by atoms with Gasteiger partial charge in [-0.3, -0.25) is 9.36 Å². The van der Waals surface area contributed by atoms with E-state index in [9.17, 15) is 14.0 Å². The standard InChI is InChI=1S/C21H21ClFN3O3/c22-17-13(23)8-9-14-16(17)20(27)25-10-4-7-15(25)19-18(24-11-26(14)19)21(28)29-12-5-2-1-3-6-12/h8-9,11-12,15H,1-7,10H2/t15-/m0/s1. The van der Waals surface area contributed by atoms with Gasteiger partial charge in [-0.15, -0.1) is 0 Å². The summed E-state index contributed by atoms with van der Waals surface area (Å²) in [5.41, 5.74) is 1.41. The Labute approximate surface area is 172 Å². The number of hydrogen-bond donors (Lipinski definition) is 0. The molecule has 1 amide bonds. The molecular weight excluding hydrogens is 397 g/mol. The monoisotopic (exact) mass is 417 g/mol. The molecule has 5 rings (SSSR count). The predicted molar refractivity (Wildman–Crippen MR) is 104 cm³/mol. The number of esters is 1. The minimum Gasteiger partial charge on any atom is -0.458 e. The number of ether oxygens (including phenoxy) is 1. The molecule has 8 heteroatoms. The molecule has 152 valence electrons. The summed E-state index contributed by atoms with van der Waals surface area (Å²) in [4.78, 5) is 32.2. The molecule has 1 aliphatic carbocycles. The fourth-order valence-electron chi connectivity index (χ4n) is 4.80. The van der Waals surface area contributed by atoms with Gasteiger partial charge in [-0.25, -0.2) is 14.2 Å². The van der Waals surface area contributed by atoms with Crippen LogP contribution in [0.15, 0.2) is 18.5 Å². The SMILES string of the molecule is O=C(OC1CCCCC1)c1ncn2c1[C@@H]1CCCN1C(=O)c1c-2ccc(F)c1Cl. The molecule has 0 spiro atoms. The highest BCUT2D eigenvalue weighted by atomic mass is 35.5. The Bertz CT molecular complexity index is 999. The molecule has 0 N–H and O–H groups in total. The Morgan fingerprint density at radius 2 is 1.97 bits per heavy atom. The van der Waals surface area contributed by atoms with Crippen LogP contribution in [0, 0.1) is 5.82 Å². The second-order valence-corrected chi connectivity index (χ2v) is 8.30. The lowest BCUT2D eigenvalue weighted by Gasteiger charge is -2.24. The molecule has 1 saturated carbocycles. The summed E-state index contributed by atoms with van der Waals surface area (Å²) in [6.45, 7) is 0.526. The Balaban J connectivity index is 1.61. The van der Waals surface area contributed by atoms with Crippen molar-refractivity contribution in [2.75, 3.05) is 6.54 Å². The first kappa shape index (κ1) is 18.6. The number of imidazole rings is 1. The van der Waals surface area contributed by atoms with Gasteiger partial charge in [-0.1, -0.05) is 18.0 Å². The van der Waals surface area contributed by atoms with E-state index in [4.69, 9.17) is 16.3 Å². The number of benzene rings is 1. The van der Waals surface area contributed by atoms with Crippen molar-refractivity contribution in [1.82, 2.24) is 14.5 Å². The van der Waals surface area contributed by atoms with E-state index in [0.717, 1.165) is 32.1 Å². The van der Waals surface area contributed by atoms with E-state index in [2.05, 4.69) is 4.98 Å². The molecule has 0 unspecified atom stereocenters. The molecule has 2 aromatic rings. The van der Waals surface area contributed by atoms with Crippen LogP contribution < -0.4 is 0 Å². The molecule has 0 radical (unpaired) electrons. The summed E-state index contributed by atoms with van der Waals surface area (Å²) < 4.78 is 21.6. The fraction of sp³-hybridized carbons (Fsp3) is 0.476. The first-order valence-corrected chi connectivity index (χ1v) is 10.5. The topological polar surface area (TPSA) is 64.4 Å². The zero-order valence-corrected chi connectivity index (χ0v) is 16.6. The van der Waals surface area contributed by atoms with Gasteiger partial charge in [-0.05, 0) is 50.7 Å². The van der Waals surface area contributed by atoms with Crippen LogP contribution in [0.25, 0.3) is 5.69 Å². The smallest absolute Gasteiger partial charge is 0.359 e. The molecule has 6 nitrogen and oxygen atoms in total. The van der Waals surface area contributed by atoms with Crippen LogP contribution in [-0.2, 0) is 4.74 Å². The lowest BCUT2D eigenvalue weighted by atomic mass is 9.98. The van der Waals surface area contributed by atoms with Crippen molar-refractivity contribution in [3.63, 3.8) is 0 Å². The van der Waals surface area contributed by atoms with E-state index in [1.807, 2.05) is 0 Å². The molecule has 1 aromatic heterocycles. The van der Waals surface area contributed by atoms with Gasteiger partial charge in [-0.2, -0.15) is 0 Å². The number of hydrogen-bond acceptors (Lipinski definition) is 4. The van der Waals surface area contributed by atoms with Crippen LogP contribution in [0.2, 0.25) is 5.02 Å². The number of halogens is 2. The second-order valence-electron chi connectivity index (χ2n) is 7.93. The van der Waals surface area contributed by atoms with Gasteiger partial charge < -0.3 is 9.64 Å². The first-order valence-electron chi connectivity index (χ1n) is 10.1. The van der Waals surface area contributed by atoms with Crippen molar-refractivity contribution in [2.45, 2.75) is 57.1 Å². The molecule has 2 fully saturated rings. The van der Waals surface area contributed by atoms with Gasteiger partial charge in [0, 0.05) is 6.54 Å². The molecule has 3 heterocycles. The zero-order chi connectivity index (χ0) is 20.1. The van der Waals surface area contributed by atoms with Crippen molar-refractivity contribution in [2.24, 2.45) is 0 Å². The molecule has 1 saturated heterocycles. The van der Waals surface area contributed by atoms with E-state index < -0.39 is 11.8 Å². The van der Waals surface area contributed by atoms with Gasteiger partial charge in [0.25, 0.3) is 5.91 Å². The van der Waals surface area contributed by atoms with Crippen LogP contribution >= 0.6 is 11.6 Å². The Morgan fingerprint density at radius 1 is 1.17 bits per heavy atom. The van der Waals surface area contributed by atoms with Gasteiger partial charge in [0.05, 0.1) is 28.0 Å². The fourth-order valence-corrected chi connectivity index (χ4v) is 5.04. The minimum absolute atomic E-state index is 0.0866. The Hall–Kier alpha value is -2.41. The summed E-state index contributed by atoms with van der Waals surface area (Å²) in [7, 11) is 0. The third-order valence-electron chi connectivity index (χ3n) is 6.20. The van der Waals surface area contributed by atoms with Gasteiger partial charge in [0.15, 0.2) is 5.69 Å². The summed E-state index contributed by atoms with van der Waals surface area (Å²) >= 11 is 6.19.